The van der Waals surface area contributed by atoms with Crippen molar-refractivity contribution >= 4 is 17.4 Å². The van der Waals surface area contributed by atoms with Crippen LogP contribution in [0.2, 0.25) is 0 Å². The van der Waals surface area contributed by atoms with E-state index in [1.165, 1.54) is 6.08 Å². The lowest BCUT2D eigenvalue weighted by molar-refractivity contribution is 0.291. The molecule has 5 nitrogen and oxygen atoms in total. The lowest BCUT2D eigenvalue weighted by atomic mass is 10.5. The number of nitriles is 1. The highest BCUT2D eigenvalue weighted by atomic mass is 32.2. The van der Waals surface area contributed by atoms with Gasteiger partial charge in [0.15, 0.2) is 0 Å². The third-order valence-corrected chi connectivity index (χ3v) is 1.72. The summed E-state index contributed by atoms with van der Waals surface area (Å²) in [5, 5.41) is 10.0. The Morgan fingerprint density at radius 2 is 2.64 bits per heavy atom. The van der Waals surface area contributed by atoms with Crippen LogP contribution in [0.25, 0.3) is 0 Å². The van der Waals surface area contributed by atoms with Gasteiger partial charge in [-0.05, 0) is 0 Å². The second-order valence-corrected chi connectivity index (χ2v) is 2.86. The predicted molar refractivity (Wildman–Crippen MR) is 36.8 cm³/mol. The van der Waals surface area contributed by atoms with E-state index < -0.39 is 11.4 Å². The first-order valence-corrected chi connectivity index (χ1v) is 3.94. The molecule has 2 unspecified atom stereocenters. The van der Waals surface area contributed by atoms with E-state index in [2.05, 4.69) is 4.40 Å². The van der Waals surface area contributed by atoms with E-state index >= 15 is 0 Å². The number of hydrogen-bond donors (Lipinski definition) is 0. The van der Waals surface area contributed by atoms with E-state index in [1.54, 1.807) is 5.40 Å². The van der Waals surface area contributed by atoms with Crippen molar-refractivity contribution in [1.82, 2.24) is 0 Å². The number of isocyanates is 1. The number of thiocyanates is 1. The molecule has 58 valence electrons. The maximum atomic E-state index is 9.69. The Kier molecular flexibility index (Phi) is 3.08. The summed E-state index contributed by atoms with van der Waals surface area (Å²) in [6, 6.07) is 0. The van der Waals surface area contributed by atoms with Gasteiger partial charge in [-0.3, -0.25) is 0 Å². The highest BCUT2D eigenvalue weighted by Gasteiger charge is 2.30. The summed E-state index contributed by atoms with van der Waals surface area (Å²) in [5.74, 6) is 0. The van der Waals surface area contributed by atoms with Crippen LogP contribution in [0.1, 0.15) is 0 Å². The Hall–Kier alpha value is -0.860. The molecule has 0 N–H and O–H groups in total. The van der Waals surface area contributed by atoms with Crippen LogP contribution < -0.4 is 0 Å². The molecule has 1 rings (SSSR count). The van der Waals surface area contributed by atoms with E-state index in [9.17, 15) is 4.79 Å². The van der Waals surface area contributed by atoms with Gasteiger partial charge in [-0.15, -0.1) is 9.44 Å². The average Bonchev–Trinajstić information content (AvgIpc) is 2.81. The Morgan fingerprint density at radius 1 is 1.91 bits per heavy atom. The normalized spacial score (nSPS) is 23.0. The standard InChI is InChI=1S/C5H5N2O3S/c6-3-11(7-4-8)10-2-5-1-9-5/h5H,1-2H2/q+1. The number of nitrogens with zero attached hydrogens (tertiary/aromatic N) is 2. The molecule has 1 aliphatic rings. The van der Waals surface area contributed by atoms with Crippen LogP contribution in [-0.2, 0) is 25.1 Å². The van der Waals surface area contributed by atoms with Crippen LogP contribution in [0.3, 0.4) is 0 Å². The van der Waals surface area contributed by atoms with E-state index in [-0.39, 0.29) is 6.10 Å². The molecule has 1 saturated heterocycles. The highest BCUT2D eigenvalue weighted by molar-refractivity contribution is 7.95. The van der Waals surface area contributed by atoms with Gasteiger partial charge in [0.25, 0.3) is 6.08 Å². The first kappa shape index (κ1) is 8.24. The zero-order valence-electron chi connectivity index (χ0n) is 5.52. The van der Waals surface area contributed by atoms with E-state index in [1.807, 2.05) is 0 Å². The first-order valence-electron chi connectivity index (χ1n) is 2.83. The molecule has 0 aliphatic carbocycles. The van der Waals surface area contributed by atoms with Crippen molar-refractivity contribution in [3.63, 3.8) is 0 Å². The second-order valence-electron chi connectivity index (χ2n) is 1.76. The predicted octanol–water partition coefficient (Wildman–Crippen LogP) is -0.333. The van der Waals surface area contributed by atoms with Gasteiger partial charge in [0.2, 0.25) is 0 Å². The van der Waals surface area contributed by atoms with Gasteiger partial charge in [0.1, 0.15) is 12.7 Å². The molecule has 1 aliphatic heterocycles. The lowest BCUT2D eigenvalue weighted by Crippen LogP contribution is -2.06. The quantitative estimate of drug-likeness (QED) is 0.192. The maximum absolute atomic E-state index is 9.69. The molecule has 2 atom stereocenters. The minimum Gasteiger partial charge on any atom is -0.370 e. The molecule has 0 amide bonds. The topological polar surface area (TPSA) is 75.0 Å². The first-order chi connectivity index (χ1) is 5.36. The monoisotopic (exact) mass is 173 g/mol. The van der Waals surface area contributed by atoms with E-state index in [0.717, 1.165) is 0 Å². The van der Waals surface area contributed by atoms with E-state index in [4.69, 9.17) is 14.2 Å². The smallest absolute Gasteiger partial charge is 0.370 e. The number of ether oxygens (including phenoxy) is 1. The number of rotatable bonds is 4. The Bertz CT molecular complexity index is 216. The van der Waals surface area contributed by atoms with Crippen LogP contribution in [0.4, 0.5) is 0 Å². The molecule has 0 aromatic rings. The van der Waals surface area contributed by atoms with Gasteiger partial charge >= 0.3 is 16.8 Å². The molecule has 1 heterocycles. The molecule has 0 saturated carbocycles. The molecule has 6 heteroatoms. The second kappa shape index (κ2) is 4.11. The van der Waals surface area contributed by atoms with Crippen LogP contribution >= 0.6 is 0 Å². The summed E-state index contributed by atoms with van der Waals surface area (Å²) >= 11 is -1.29. The number of epoxide rings is 1. The summed E-state index contributed by atoms with van der Waals surface area (Å²) in [6.07, 6.45) is 1.35. The van der Waals surface area contributed by atoms with Crippen molar-refractivity contribution < 1.29 is 13.7 Å². The van der Waals surface area contributed by atoms with Crippen molar-refractivity contribution in [3.05, 3.63) is 0 Å². The van der Waals surface area contributed by atoms with Crippen molar-refractivity contribution in [1.29, 1.82) is 5.26 Å². The molecule has 1 fully saturated rings. The van der Waals surface area contributed by atoms with Gasteiger partial charge in [-0.25, -0.2) is 4.79 Å². The van der Waals surface area contributed by atoms with Crippen LogP contribution in [0.5, 0.6) is 0 Å². The minimum atomic E-state index is -1.29. The van der Waals surface area contributed by atoms with Crippen LogP contribution in [0, 0.1) is 10.7 Å². The van der Waals surface area contributed by atoms with Gasteiger partial charge in [0, 0.05) is 0 Å². The molecule has 0 radical (unpaired) electrons. The van der Waals surface area contributed by atoms with Crippen molar-refractivity contribution in [2.45, 2.75) is 6.10 Å². The Labute approximate surface area is 66.3 Å². The van der Waals surface area contributed by atoms with E-state index in [0.29, 0.717) is 13.2 Å². The zero-order valence-corrected chi connectivity index (χ0v) is 6.34. The summed E-state index contributed by atoms with van der Waals surface area (Å²) in [5.41, 5.74) is 0. The van der Waals surface area contributed by atoms with Gasteiger partial charge < -0.3 is 4.74 Å². The zero-order chi connectivity index (χ0) is 8.10. The maximum Gasteiger partial charge on any atom is 0.427 e. The van der Waals surface area contributed by atoms with Crippen LogP contribution in [-0.4, -0.2) is 25.4 Å². The van der Waals surface area contributed by atoms with Crippen molar-refractivity contribution in [3.8, 4) is 5.40 Å². The Morgan fingerprint density at radius 3 is 3.09 bits per heavy atom. The fraction of sp³-hybridized carbons (Fsp3) is 0.600. The molecule has 0 bridgehead atoms. The van der Waals surface area contributed by atoms with Gasteiger partial charge in [0.05, 0.1) is 11.0 Å². The third-order valence-electron chi connectivity index (χ3n) is 0.966. The lowest BCUT2D eigenvalue weighted by Gasteiger charge is -1.85. The van der Waals surface area contributed by atoms with Crippen molar-refractivity contribution in [2.75, 3.05) is 13.2 Å². The van der Waals surface area contributed by atoms with Gasteiger partial charge in [-0.1, -0.05) is 0 Å². The molecular formula is C5H5N2O3S+. The number of hydrogen-bond acceptors (Lipinski definition) is 5. The van der Waals surface area contributed by atoms with Crippen LogP contribution in [0.15, 0.2) is 4.40 Å². The van der Waals surface area contributed by atoms with Gasteiger partial charge in [-0.2, -0.15) is 0 Å². The SMILES string of the molecule is N#C[S+](N=C=O)OCC1CO1. The third kappa shape index (κ3) is 3.16. The molecule has 0 spiro atoms. The average molecular weight is 173 g/mol. The fourth-order valence-corrected chi connectivity index (χ4v) is 0.906. The summed E-state index contributed by atoms with van der Waals surface area (Å²) in [4.78, 5) is 9.69. The molecule has 0 aromatic carbocycles. The summed E-state index contributed by atoms with van der Waals surface area (Å²) in [6.45, 7) is 0.981. The fourth-order valence-electron chi connectivity index (χ4n) is 0.412. The minimum absolute atomic E-state index is 0.0835. The summed E-state index contributed by atoms with van der Waals surface area (Å²) in [7, 11) is 0. The summed E-state index contributed by atoms with van der Waals surface area (Å²) < 4.78 is 12.8. The van der Waals surface area contributed by atoms with Crippen molar-refractivity contribution in [2.24, 2.45) is 4.40 Å². The molecular weight excluding hydrogens is 168 g/mol. The largest absolute Gasteiger partial charge is 0.427 e. The Balaban J connectivity index is 2.20. The molecule has 0 aromatic heterocycles. The molecule has 11 heavy (non-hydrogen) atoms. The number of carbonyl (C=O) groups excluding carboxylic acids is 1. The highest BCUT2D eigenvalue weighted by Crippen LogP contribution is 2.11.